The molecule has 1 aliphatic rings. The van der Waals surface area contributed by atoms with Crippen LogP contribution in [0.5, 0.6) is 0 Å². The third-order valence-electron chi connectivity index (χ3n) is 4.25. The van der Waals surface area contributed by atoms with Gasteiger partial charge in [0, 0.05) is 31.4 Å². The summed E-state index contributed by atoms with van der Waals surface area (Å²) in [6.45, 7) is 1.73. The zero-order valence-electron chi connectivity index (χ0n) is 13.0. The Hall–Kier alpha value is -2.29. The van der Waals surface area contributed by atoms with Crippen LogP contribution >= 0.6 is 0 Å². The number of carbonyl (C=O) groups excluding carboxylic acids is 1. The lowest BCUT2D eigenvalue weighted by atomic mass is 9.97. The second-order valence-electron chi connectivity index (χ2n) is 5.82. The van der Waals surface area contributed by atoms with Crippen molar-refractivity contribution in [1.29, 1.82) is 0 Å². The molecule has 0 fully saturated rings. The molecule has 114 valence electrons. The van der Waals surface area contributed by atoms with E-state index in [1.165, 1.54) is 11.1 Å². The Bertz CT molecular complexity index is 652. The van der Waals surface area contributed by atoms with Crippen LogP contribution in [0.3, 0.4) is 0 Å². The molecule has 3 rings (SSSR count). The van der Waals surface area contributed by atoms with Crippen LogP contribution in [-0.2, 0) is 12.8 Å². The number of nitrogens with zero attached hydrogens (tertiary/aromatic N) is 1. The quantitative estimate of drug-likeness (QED) is 0.938. The standard InChI is InChI=1S/C19H22N2O/c1-21(14-12-15-7-3-2-4-8-15)19(22)17-9-5-11-18-16(17)10-6-13-20-18/h2-5,7-9,11,20H,6,10,12-14H2,1H3. The van der Waals surface area contributed by atoms with Gasteiger partial charge >= 0.3 is 0 Å². The number of carbonyl (C=O) groups is 1. The van der Waals surface area contributed by atoms with E-state index in [4.69, 9.17) is 0 Å². The van der Waals surface area contributed by atoms with Gasteiger partial charge in [0.15, 0.2) is 0 Å². The fourth-order valence-electron chi connectivity index (χ4n) is 2.96. The van der Waals surface area contributed by atoms with Crippen molar-refractivity contribution >= 4 is 11.6 Å². The second kappa shape index (κ2) is 6.65. The van der Waals surface area contributed by atoms with Gasteiger partial charge in [-0.05, 0) is 42.5 Å². The highest BCUT2D eigenvalue weighted by Gasteiger charge is 2.19. The average molecular weight is 294 g/mol. The summed E-state index contributed by atoms with van der Waals surface area (Å²) in [5, 5.41) is 3.38. The Labute approximate surface area is 132 Å². The van der Waals surface area contributed by atoms with Gasteiger partial charge in [-0.25, -0.2) is 0 Å². The highest BCUT2D eigenvalue weighted by Crippen LogP contribution is 2.26. The first kappa shape index (κ1) is 14.6. The Kier molecular flexibility index (Phi) is 4.42. The molecule has 2 aromatic rings. The first-order valence-electron chi connectivity index (χ1n) is 7.91. The number of hydrogen-bond donors (Lipinski definition) is 1. The molecule has 0 saturated carbocycles. The first-order chi connectivity index (χ1) is 10.8. The molecule has 1 N–H and O–H groups in total. The van der Waals surface area contributed by atoms with E-state index in [9.17, 15) is 4.79 Å². The topological polar surface area (TPSA) is 32.3 Å². The summed E-state index contributed by atoms with van der Waals surface area (Å²) in [5.41, 5.74) is 4.40. The number of nitrogens with one attached hydrogen (secondary N) is 1. The monoisotopic (exact) mass is 294 g/mol. The molecule has 1 aliphatic heterocycles. The maximum absolute atomic E-state index is 12.7. The molecule has 2 aromatic carbocycles. The van der Waals surface area contributed by atoms with Gasteiger partial charge in [0.25, 0.3) is 5.91 Å². The Morgan fingerprint density at radius 2 is 1.95 bits per heavy atom. The Morgan fingerprint density at radius 1 is 1.14 bits per heavy atom. The lowest BCUT2D eigenvalue weighted by molar-refractivity contribution is 0.0795. The van der Waals surface area contributed by atoms with Crippen molar-refractivity contribution in [2.75, 3.05) is 25.5 Å². The number of anilines is 1. The van der Waals surface area contributed by atoms with Crippen LogP contribution in [0.25, 0.3) is 0 Å². The summed E-state index contributed by atoms with van der Waals surface area (Å²) in [4.78, 5) is 14.6. The van der Waals surface area contributed by atoms with E-state index in [0.717, 1.165) is 43.6 Å². The number of likely N-dealkylation sites (N-methyl/N-ethyl adjacent to an activating group) is 1. The Balaban J connectivity index is 1.71. The minimum Gasteiger partial charge on any atom is -0.385 e. The maximum Gasteiger partial charge on any atom is 0.253 e. The molecular formula is C19H22N2O. The maximum atomic E-state index is 12.7. The van der Waals surface area contributed by atoms with Crippen molar-refractivity contribution in [1.82, 2.24) is 4.90 Å². The van der Waals surface area contributed by atoms with Crippen molar-refractivity contribution in [2.24, 2.45) is 0 Å². The second-order valence-corrected chi connectivity index (χ2v) is 5.82. The summed E-state index contributed by atoms with van der Waals surface area (Å²) >= 11 is 0. The zero-order chi connectivity index (χ0) is 15.4. The van der Waals surface area contributed by atoms with Crippen molar-refractivity contribution in [2.45, 2.75) is 19.3 Å². The van der Waals surface area contributed by atoms with E-state index in [0.29, 0.717) is 0 Å². The summed E-state index contributed by atoms with van der Waals surface area (Å²) in [6.07, 6.45) is 2.96. The van der Waals surface area contributed by atoms with E-state index in [2.05, 4.69) is 23.5 Å². The van der Waals surface area contributed by atoms with Gasteiger partial charge in [-0.3, -0.25) is 4.79 Å². The van der Waals surface area contributed by atoms with E-state index in [1.54, 1.807) is 0 Å². The summed E-state index contributed by atoms with van der Waals surface area (Å²) in [6, 6.07) is 16.3. The molecule has 0 bridgehead atoms. The van der Waals surface area contributed by atoms with Crippen molar-refractivity contribution in [3.05, 3.63) is 65.2 Å². The molecule has 3 heteroatoms. The van der Waals surface area contributed by atoms with E-state index in [-0.39, 0.29) is 5.91 Å². The molecule has 0 unspecified atom stereocenters. The van der Waals surface area contributed by atoms with Gasteiger partial charge in [0.05, 0.1) is 0 Å². The van der Waals surface area contributed by atoms with Gasteiger partial charge in [-0.2, -0.15) is 0 Å². The van der Waals surface area contributed by atoms with Crippen molar-refractivity contribution in [3.63, 3.8) is 0 Å². The molecule has 1 amide bonds. The van der Waals surface area contributed by atoms with Crippen LogP contribution < -0.4 is 5.32 Å². The molecule has 0 aromatic heterocycles. The fourth-order valence-corrected chi connectivity index (χ4v) is 2.96. The van der Waals surface area contributed by atoms with Crippen molar-refractivity contribution in [3.8, 4) is 0 Å². The number of amides is 1. The highest BCUT2D eigenvalue weighted by atomic mass is 16.2. The van der Waals surface area contributed by atoms with Crippen LogP contribution in [0.15, 0.2) is 48.5 Å². The van der Waals surface area contributed by atoms with Crippen LogP contribution in [0.1, 0.15) is 27.9 Å². The number of fused-ring (bicyclic) bond motifs is 1. The Morgan fingerprint density at radius 3 is 2.77 bits per heavy atom. The molecule has 0 atom stereocenters. The average Bonchev–Trinajstić information content (AvgIpc) is 2.59. The minimum absolute atomic E-state index is 0.122. The fraction of sp³-hybridized carbons (Fsp3) is 0.316. The van der Waals surface area contributed by atoms with Crippen LogP contribution in [0.2, 0.25) is 0 Å². The molecule has 0 saturated heterocycles. The van der Waals surface area contributed by atoms with Gasteiger partial charge < -0.3 is 10.2 Å². The van der Waals surface area contributed by atoms with Gasteiger partial charge in [0.1, 0.15) is 0 Å². The molecule has 0 aliphatic carbocycles. The van der Waals surface area contributed by atoms with Crippen LogP contribution in [0.4, 0.5) is 5.69 Å². The van der Waals surface area contributed by atoms with Crippen molar-refractivity contribution < 1.29 is 4.79 Å². The largest absolute Gasteiger partial charge is 0.385 e. The first-order valence-corrected chi connectivity index (χ1v) is 7.91. The molecule has 0 radical (unpaired) electrons. The summed E-state index contributed by atoms with van der Waals surface area (Å²) < 4.78 is 0. The van der Waals surface area contributed by atoms with Gasteiger partial charge in [0.2, 0.25) is 0 Å². The predicted octanol–water partition coefficient (Wildman–Crippen LogP) is 3.36. The molecular weight excluding hydrogens is 272 g/mol. The SMILES string of the molecule is CN(CCc1ccccc1)C(=O)c1cccc2c1CCCN2. The lowest BCUT2D eigenvalue weighted by Crippen LogP contribution is -2.30. The highest BCUT2D eigenvalue weighted by molar-refractivity contribution is 5.97. The normalized spacial score (nSPS) is 13.1. The van der Waals surface area contributed by atoms with Crippen LogP contribution in [-0.4, -0.2) is 30.9 Å². The molecule has 22 heavy (non-hydrogen) atoms. The van der Waals surface area contributed by atoms with Gasteiger partial charge in [-0.15, -0.1) is 0 Å². The van der Waals surface area contributed by atoms with Crippen LogP contribution in [0, 0.1) is 0 Å². The molecule has 0 spiro atoms. The van der Waals surface area contributed by atoms with E-state index >= 15 is 0 Å². The molecule has 3 nitrogen and oxygen atoms in total. The number of hydrogen-bond acceptors (Lipinski definition) is 2. The van der Waals surface area contributed by atoms with E-state index in [1.807, 2.05) is 42.3 Å². The predicted molar refractivity (Wildman–Crippen MR) is 90.4 cm³/mol. The third kappa shape index (κ3) is 3.14. The zero-order valence-corrected chi connectivity index (χ0v) is 13.0. The van der Waals surface area contributed by atoms with E-state index < -0.39 is 0 Å². The third-order valence-corrected chi connectivity index (χ3v) is 4.25. The van der Waals surface area contributed by atoms with Gasteiger partial charge in [-0.1, -0.05) is 36.4 Å². The number of benzene rings is 2. The smallest absolute Gasteiger partial charge is 0.253 e. The summed E-state index contributed by atoms with van der Waals surface area (Å²) in [7, 11) is 1.89. The summed E-state index contributed by atoms with van der Waals surface area (Å²) in [5.74, 6) is 0.122. The number of rotatable bonds is 4. The molecule has 1 heterocycles. The lowest BCUT2D eigenvalue weighted by Gasteiger charge is -2.23. The minimum atomic E-state index is 0.122.